The lowest BCUT2D eigenvalue weighted by molar-refractivity contribution is -0.136. The van der Waals surface area contributed by atoms with Crippen molar-refractivity contribution in [2.75, 3.05) is 0 Å². The van der Waals surface area contributed by atoms with E-state index in [9.17, 15) is 4.79 Å². The lowest BCUT2D eigenvalue weighted by Crippen LogP contribution is -2.38. The number of nitriles is 1. The fraction of sp³-hybridized carbons (Fsp3) is 0.467. The molecular weight excluding hydrogens is 224 g/mol. The van der Waals surface area contributed by atoms with Crippen molar-refractivity contribution in [1.82, 2.24) is 4.90 Å². The molecule has 0 fully saturated rings. The summed E-state index contributed by atoms with van der Waals surface area (Å²) >= 11 is 0. The molecule has 1 rings (SSSR count). The minimum absolute atomic E-state index is 0.00535. The third kappa shape index (κ3) is 3.59. The number of amides is 1. The van der Waals surface area contributed by atoms with Crippen molar-refractivity contribution in [3.8, 4) is 6.07 Å². The first kappa shape index (κ1) is 14.2. The smallest absolute Gasteiger partial charge is 0.225 e. The van der Waals surface area contributed by atoms with E-state index in [2.05, 4.69) is 6.07 Å². The summed E-state index contributed by atoms with van der Waals surface area (Å²) in [4.78, 5) is 14.0. The summed E-state index contributed by atoms with van der Waals surface area (Å²) in [5.74, 6) is 0.167. The molecule has 0 saturated carbocycles. The van der Waals surface area contributed by atoms with Gasteiger partial charge in [0, 0.05) is 18.5 Å². The van der Waals surface area contributed by atoms with Gasteiger partial charge in [-0.3, -0.25) is 4.79 Å². The molecule has 0 unspecified atom stereocenters. The zero-order chi connectivity index (χ0) is 13.7. The third-order valence-corrected chi connectivity index (χ3v) is 2.84. The molecule has 0 radical (unpaired) electrons. The van der Waals surface area contributed by atoms with Crippen molar-refractivity contribution in [2.45, 2.75) is 40.3 Å². The van der Waals surface area contributed by atoms with Crippen LogP contribution in [0.15, 0.2) is 24.3 Å². The molecule has 3 heteroatoms. The first-order valence-electron chi connectivity index (χ1n) is 6.25. The van der Waals surface area contributed by atoms with E-state index >= 15 is 0 Å². The number of carbonyl (C=O) groups is 1. The topological polar surface area (TPSA) is 44.1 Å². The molecule has 18 heavy (non-hydrogen) atoms. The summed E-state index contributed by atoms with van der Waals surface area (Å²) in [5.41, 5.74) is 1.70. The van der Waals surface area contributed by atoms with Gasteiger partial charge in [0.2, 0.25) is 5.91 Å². The monoisotopic (exact) mass is 244 g/mol. The second kappa shape index (κ2) is 6.20. The van der Waals surface area contributed by atoms with Crippen LogP contribution in [0.5, 0.6) is 0 Å². The average molecular weight is 244 g/mol. The molecule has 1 amide bonds. The lowest BCUT2D eigenvalue weighted by Gasteiger charge is -2.28. The van der Waals surface area contributed by atoms with Crippen LogP contribution < -0.4 is 0 Å². The van der Waals surface area contributed by atoms with Gasteiger partial charge in [-0.05, 0) is 31.5 Å². The van der Waals surface area contributed by atoms with Gasteiger partial charge in [-0.15, -0.1) is 0 Å². The third-order valence-electron chi connectivity index (χ3n) is 2.84. The second-order valence-electron chi connectivity index (χ2n) is 5.02. The molecule has 0 aliphatic rings. The van der Waals surface area contributed by atoms with Gasteiger partial charge >= 0.3 is 0 Å². The number of carbonyl (C=O) groups excluding carboxylic acids is 1. The van der Waals surface area contributed by atoms with Gasteiger partial charge in [0.15, 0.2) is 0 Å². The van der Waals surface area contributed by atoms with Crippen LogP contribution in [-0.2, 0) is 11.3 Å². The molecule has 0 aromatic heterocycles. The SMILES string of the molecule is CC(C)C(=O)N(Cc1ccc(C#N)cc1)C(C)C. The van der Waals surface area contributed by atoms with E-state index in [0.717, 1.165) is 5.56 Å². The molecule has 0 aliphatic carbocycles. The highest BCUT2D eigenvalue weighted by molar-refractivity contribution is 5.78. The Bertz CT molecular complexity index is 441. The van der Waals surface area contributed by atoms with E-state index in [-0.39, 0.29) is 17.9 Å². The minimum atomic E-state index is 0.00535. The predicted molar refractivity (Wildman–Crippen MR) is 71.7 cm³/mol. The van der Waals surface area contributed by atoms with Crippen molar-refractivity contribution in [1.29, 1.82) is 5.26 Å². The van der Waals surface area contributed by atoms with E-state index in [4.69, 9.17) is 5.26 Å². The Hall–Kier alpha value is -1.82. The van der Waals surface area contributed by atoms with Gasteiger partial charge in [-0.1, -0.05) is 26.0 Å². The van der Waals surface area contributed by atoms with Crippen molar-refractivity contribution < 1.29 is 4.79 Å². The quantitative estimate of drug-likeness (QED) is 0.817. The number of hydrogen-bond donors (Lipinski definition) is 0. The number of nitrogens with zero attached hydrogens (tertiary/aromatic N) is 2. The van der Waals surface area contributed by atoms with Crippen LogP contribution >= 0.6 is 0 Å². The number of rotatable bonds is 4. The Labute approximate surface area is 109 Å². The Balaban J connectivity index is 2.84. The van der Waals surface area contributed by atoms with E-state index in [1.54, 1.807) is 12.1 Å². The molecular formula is C15H20N2O. The predicted octanol–water partition coefficient (Wildman–Crippen LogP) is 2.95. The van der Waals surface area contributed by atoms with Crippen molar-refractivity contribution in [3.05, 3.63) is 35.4 Å². The normalized spacial score (nSPS) is 10.5. The second-order valence-corrected chi connectivity index (χ2v) is 5.02. The standard InChI is InChI=1S/C15H20N2O/c1-11(2)15(18)17(12(3)4)10-14-7-5-13(9-16)6-8-14/h5-8,11-12H,10H2,1-4H3. The Kier molecular flexibility index (Phi) is 4.91. The summed E-state index contributed by atoms with van der Waals surface area (Å²) in [6.07, 6.45) is 0. The zero-order valence-corrected chi connectivity index (χ0v) is 11.5. The van der Waals surface area contributed by atoms with Crippen LogP contribution in [0.25, 0.3) is 0 Å². The minimum Gasteiger partial charge on any atom is -0.336 e. The average Bonchev–Trinajstić information content (AvgIpc) is 2.35. The van der Waals surface area contributed by atoms with Crippen LogP contribution in [0, 0.1) is 17.2 Å². The van der Waals surface area contributed by atoms with E-state index in [0.29, 0.717) is 12.1 Å². The summed E-state index contributed by atoms with van der Waals surface area (Å²) in [6.45, 7) is 8.46. The van der Waals surface area contributed by atoms with Crippen LogP contribution in [0.4, 0.5) is 0 Å². The molecule has 0 aliphatic heterocycles. The largest absolute Gasteiger partial charge is 0.336 e. The van der Waals surface area contributed by atoms with Crippen molar-refractivity contribution in [2.24, 2.45) is 5.92 Å². The van der Waals surface area contributed by atoms with Gasteiger partial charge in [0.05, 0.1) is 11.6 Å². The molecule has 0 atom stereocenters. The van der Waals surface area contributed by atoms with Crippen LogP contribution in [0.1, 0.15) is 38.8 Å². The van der Waals surface area contributed by atoms with Crippen molar-refractivity contribution in [3.63, 3.8) is 0 Å². The van der Waals surface area contributed by atoms with Gasteiger partial charge in [0.25, 0.3) is 0 Å². The Morgan fingerprint density at radius 2 is 1.78 bits per heavy atom. The maximum atomic E-state index is 12.1. The van der Waals surface area contributed by atoms with Crippen LogP contribution in [0.3, 0.4) is 0 Å². The van der Waals surface area contributed by atoms with E-state index < -0.39 is 0 Å². The summed E-state index contributed by atoms with van der Waals surface area (Å²) in [6, 6.07) is 9.65. The molecule has 0 heterocycles. The highest BCUT2D eigenvalue weighted by atomic mass is 16.2. The zero-order valence-electron chi connectivity index (χ0n) is 11.5. The van der Waals surface area contributed by atoms with Gasteiger partial charge in [-0.25, -0.2) is 0 Å². The molecule has 0 spiro atoms. The first-order chi connectivity index (χ1) is 8.45. The van der Waals surface area contributed by atoms with Crippen LogP contribution in [-0.4, -0.2) is 16.8 Å². The highest BCUT2D eigenvalue weighted by Gasteiger charge is 2.19. The fourth-order valence-corrected chi connectivity index (χ4v) is 1.73. The molecule has 0 N–H and O–H groups in total. The molecule has 1 aromatic carbocycles. The van der Waals surface area contributed by atoms with Crippen molar-refractivity contribution >= 4 is 5.91 Å². The summed E-state index contributed by atoms with van der Waals surface area (Å²) in [5, 5.41) is 8.75. The Morgan fingerprint density at radius 3 is 2.17 bits per heavy atom. The maximum absolute atomic E-state index is 12.1. The molecule has 3 nitrogen and oxygen atoms in total. The van der Waals surface area contributed by atoms with E-state index in [1.807, 2.05) is 44.7 Å². The van der Waals surface area contributed by atoms with Gasteiger partial charge in [-0.2, -0.15) is 5.26 Å². The molecule has 0 bridgehead atoms. The molecule has 0 saturated heterocycles. The fourth-order valence-electron chi connectivity index (χ4n) is 1.73. The Morgan fingerprint density at radius 1 is 1.22 bits per heavy atom. The van der Waals surface area contributed by atoms with E-state index in [1.165, 1.54) is 0 Å². The summed E-state index contributed by atoms with van der Waals surface area (Å²) < 4.78 is 0. The lowest BCUT2D eigenvalue weighted by atomic mass is 10.1. The summed E-state index contributed by atoms with van der Waals surface area (Å²) in [7, 11) is 0. The molecule has 96 valence electrons. The number of benzene rings is 1. The highest BCUT2D eigenvalue weighted by Crippen LogP contribution is 2.13. The van der Waals surface area contributed by atoms with Gasteiger partial charge < -0.3 is 4.90 Å². The van der Waals surface area contributed by atoms with Crippen LogP contribution in [0.2, 0.25) is 0 Å². The molecule has 1 aromatic rings. The maximum Gasteiger partial charge on any atom is 0.225 e. The first-order valence-corrected chi connectivity index (χ1v) is 6.25. The number of hydrogen-bond acceptors (Lipinski definition) is 2. The van der Waals surface area contributed by atoms with Gasteiger partial charge in [0.1, 0.15) is 0 Å².